The first kappa shape index (κ1) is 37.1. The third-order valence-corrected chi connectivity index (χ3v) is 9.65. The van der Waals surface area contributed by atoms with E-state index in [9.17, 15) is 14.7 Å². The summed E-state index contributed by atoms with van der Waals surface area (Å²) in [5.74, 6) is 0.775. The van der Waals surface area contributed by atoms with Gasteiger partial charge in [0.1, 0.15) is 0 Å². The molecule has 0 spiro atoms. The molecule has 2 amide bonds. The number of benzene rings is 3. The minimum absolute atomic E-state index is 0.00263. The predicted molar refractivity (Wildman–Crippen MR) is 200 cm³/mol. The minimum Gasteiger partial charge on any atom is -0.392 e. The number of carbonyl (C=O) groups is 2. The lowest BCUT2D eigenvalue weighted by atomic mass is 9.98. The number of anilines is 1. The molecule has 3 aromatic carbocycles. The summed E-state index contributed by atoms with van der Waals surface area (Å²) >= 11 is 0. The van der Waals surface area contributed by atoms with Gasteiger partial charge in [-0.05, 0) is 58.9 Å². The van der Waals surface area contributed by atoms with Crippen LogP contribution in [0.15, 0.2) is 91.3 Å². The molecule has 0 aliphatic carbocycles. The molecule has 2 aliphatic heterocycles. The van der Waals surface area contributed by atoms with Crippen LogP contribution in [0.5, 0.6) is 0 Å². The fourth-order valence-electron chi connectivity index (χ4n) is 6.77. The summed E-state index contributed by atoms with van der Waals surface area (Å²) in [6, 6.07) is 26.4. The molecule has 3 heterocycles. The molecule has 11 heteroatoms. The quantitative estimate of drug-likeness (QED) is 0.141. The Balaban J connectivity index is 1.09. The van der Waals surface area contributed by atoms with E-state index in [2.05, 4.69) is 60.7 Å². The second-order valence-corrected chi connectivity index (χ2v) is 13.6. The van der Waals surface area contributed by atoms with Crippen molar-refractivity contribution in [3.63, 3.8) is 0 Å². The van der Waals surface area contributed by atoms with Crippen LogP contribution in [0, 0.1) is 0 Å². The molecular formula is C41H50N6O5. The highest BCUT2D eigenvalue weighted by Crippen LogP contribution is 2.39. The summed E-state index contributed by atoms with van der Waals surface area (Å²) < 4.78 is 13.4. The Morgan fingerprint density at radius 1 is 0.808 bits per heavy atom. The van der Waals surface area contributed by atoms with Crippen LogP contribution in [0.1, 0.15) is 73.7 Å². The van der Waals surface area contributed by atoms with Crippen molar-refractivity contribution >= 4 is 17.8 Å². The third-order valence-electron chi connectivity index (χ3n) is 9.65. The zero-order valence-corrected chi connectivity index (χ0v) is 30.0. The van der Waals surface area contributed by atoms with Crippen LogP contribution < -0.4 is 15.5 Å². The van der Waals surface area contributed by atoms with E-state index in [0.717, 1.165) is 97.7 Å². The summed E-state index contributed by atoms with van der Waals surface area (Å²) in [4.78, 5) is 37.0. The number of nitrogens with zero attached hydrogens (tertiary/aromatic N) is 4. The molecule has 3 N–H and O–H groups in total. The minimum atomic E-state index is -0.555. The summed E-state index contributed by atoms with van der Waals surface area (Å²) in [5, 5.41) is 15.4. The SMILES string of the molecule is CC(=O)NCCCCCC(=O)NCc1cccc(-c2cccc([C@H]3O[C@@H](CN4CCN(c5ncccn5)CC4)C[C@@H](c4ccc(CO)cc4)O3)c2)c1. The van der Waals surface area contributed by atoms with Gasteiger partial charge in [-0.15, -0.1) is 0 Å². The van der Waals surface area contributed by atoms with Crippen molar-refractivity contribution in [2.75, 3.05) is 44.2 Å². The van der Waals surface area contributed by atoms with E-state index in [1.165, 1.54) is 6.92 Å². The van der Waals surface area contributed by atoms with Gasteiger partial charge in [0.25, 0.3) is 0 Å². The highest BCUT2D eigenvalue weighted by atomic mass is 16.7. The van der Waals surface area contributed by atoms with E-state index in [0.29, 0.717) is 19.5 Å². The smallest absolute Gasteiger partial charge is 0.225 e. The molecule has 0 bridgehead atoms. The average molecular weight is 707 g/mol. The maximum Gasteiger partial charge on any atom is 0.225 e. The molecule has 11 nitrogen and oxygen atoms in total. The van der Waals surface area contributed by atoms with E-state index < -0.39 is 6.29 Å². The van der Waals surface area contributed by atoms with Gasteiger partial charge < -0.3 is 30.1 Å². The molecule has 0 unspecified atom stereocenters. The van der Waals surface area contributed by atoms with Crippen LogP contribution in [-0.4, -0.2) is 77.2 Å². The Kier molecular flexibility index (Phi) is 13.3. The highest BCUT2D eigenvalue weighted by Gasteiger charge is 2.34. The molecule has 2 fully saturated rings. The number of amides is 2. The number of nitrogens with one attached hydrogen (secondary N) is 2. The first-order chi connectivity index (χ1) is 25.4. The monoisotopic (exact) mass is 706 g/mol. The van der Waals surface area contributed by atoms with E-state index in [1.54, 1.807) is 12.4 Å². The number of aromatic nitrogens is 2. The highest BCUT2D eigenvalue weighted by molar-refractivity contribution is 5.76. The summed E-state index contributed by atoms with van der Waals surface area (Å²) in [7, 11) is 0. The standard InChI is InChI=1S/C41H50N6O5/c1-30(49)42-17-4-2-3-12-39(50)45-27-32-8-5-9-34(24-32)35-10-6-11-36(25-35)40-51-37(26-38(52-40)33-15-13-31(29-48)14-16-33)28-46-20-22-47(23-21-46)41-43-18-7-19-44-41/h5-11,13-16,18-19,24-25,37-38,40,48H,2-4,12,17,20-23,26-29H2,1H3,(H,42,49)(H,45,50)/t37-,38+,40+/m1/s1. The first-order valence-corrected chi connectivity index (χ1v) is 18.4. The second-order valence-electron chi connectivity index (χ2n) is 13.6. The summed E-state index contributed by atoms with van der Waals surface area (Å²) in [6.07, 6.45) is 6.55. The van der Waals surface area contributed by atoms with Gasteiger partial charge in [0, 0.05) is 83.5 Å². The number of rotatable bonds is 15. The first-order valence-electron chi connectivity index (χ1n) is 18.4. The number of hydrogen-bond acceptors (Lipinski definition) is 9. The van der Waals surface area contributed by atoms with Crippen LogP contribution in [0.4, 0.5) is 5.95 Å². The lowest BCUT2D eigenvalue weighted by molar-refractivity contribution is -0.253. The molecule has 2 saturated heterocycles. The van der Waals surface area contributed by atoms with Gasteiger partial charge in [0.15, 0.2) is 6.29 Å². The molecule has 6 rings (SSSR count). The summed E-state index contributed by atoms with van der Waals surface area (Å²) in [5.41, 5.74) is 6.00. The lowest BCUT2D eigenvalue weighted by Gasteiger charge is -2.40. The van der Waals surface area contributed by atoms with Crippen molar-refractivity contribution in [1.29, 1.82) is 0 Å². The molecule has 0 radical (unpaired) electrons. The van der Waals surface area contributed by atoms with Crippen molar-refractivity contribution in [2.45, 2.75) is 70.7 Å². The van der Waals surface area contributed by atoms with Gasteiger partial charge in [-0.25, -0.2) is 9.97 Å². The van der Waals surface area contributed by atoms with E-state index >= 15 is 0 Å². The molecule has 2 aliphatic rings. The van der Waals surface area contributed by atoms with Gasteiger partial charge in [-0.1, -0.05) is 67.1 Å². The van der Waals surface area contributed by atoms with Gasteiger partial charge in [0.2, 0.25) is 17.8 Å². The van der Waals surface area contributed by atoms with E-state index in [4.69, 9.17) is 9.47 Å². The van der Waals surface area contributed by atoms with Crippen molar-refractivity contribution in [1.82, 2.24) is 25.5 Å². The van der Waals surface area contributed by atoms with Crippen LogP contribution in [0.3, 0.4) is 0 Å². The molecule has 3 atom stereocenters. The number of hydrogen-bond donors (Lipinski definition) is 3. The average Bonchev–Trinajstić information content (AvgIpc) is 3.19. The number of ether oxygens (including phenoxy) is 2. The Hall–Kier alpha value is -4.68. The van der Waals surface area contributed by atoms with Gasteiger partial charge in [-0.2, -0.15) is 0 Å². The predicted octanol–water partition coefficient (Wildman–Crippen LogP) is 5.32. The maximum atomic E-state index is 12.5. The van der Waals surface area contributed by atoms with Crippen molar-refractivity contribution < 1.29 is 24.2 Å². The zero-order chi connectivity index (χ0) is 36.1. The van der Waals surface area contributed by atoms with E-state index in [1.807, 2.05) is 48.5 Å². The fourth-order valence-corrected chi connectivity index (χ4v) is 6.77. The number of aliphatic hydroxyl groups excluding tert-OH is 1. The zero-order valence-electron chi connectivity index (χ0n) is 30.0. The number of aliphatic hydroxyl groups is 1. The normalized spacial score (nSPS) is 19.3. The molecule has 274 valence electrons. The Morgan fingerprint density at radius 2 is 1.56 bits per heavy atom. The maximum absolute atomic E-state index is 12.5. The number of unbranched alkanes of at least 4 members (excludes halogenated alkanes) is 2. The topological polar surface area (TPSA) is 129 Å². The molecule has 4 aromatic rings. The third kappa shape index (κ3) is 10.7. The number of carbonyl (C=O) groups excluding carboxylic acids is 2. The van der Waals surface area contributed by atoms with Gasteiger partial charge in [-0.3, -0.25) is 14.5 Å². The van der Waals surface area contributed by atoms with Gasteiger partial charge in [0.05, 0.1) is 18.8 Å². The fraction of sp³-hybridized carbons (Fsp3) is 0.415. The molecule has 0 saturated carbocycles. The summed E-state index contributed by atoms with van der Waals surface area (Å²) in [6.45, 7) is 6.91. The number of piperazine rings is 1. The van der Waals surface area contributed by atoms with E-state index in [-0.39, 0.29) is 30.6 Å². The largest absolute Gasteiger partial charge is 0.392 e. The van der Waals surface area contributed by atoms with Crippen LogP contribution in [-0.2, 0) is 32.2 Å². The Morgan fingerprint density at radius 3 is 2.31 bits per heavy atom. The lowest BCUT2D eigenvalue weighted by Crippen LogP contribution is -2.50. The second kappa shape index (κ2) is 18.7. The van der Waals surface area contributed by atoms with Crippen molar-refractivity contribution in [3.8, 4) is 11.1 Å². The van der Waals surface area contributed by atoms with Crippen molar-refractivity contribution in [3.05, 3.63) is 114 Å². The van der Waals surface area contributed by atoms with Crippen LogP contribution in [0.25, 0.3) is 11.1 Å². The Labute approximate surface area is 306 Å². The Bertz CT molecular complexity index is 1730. The molecular weight excluding hydrogens is 656 g/mol. The molecule has 52 heavy (non-hydrogen) atoms. The molecule has 1 aromatic heterocycles. The van der Waals surface area contributed by atoms with Crippen molar-refractivity contribution in [2.24, 2.45) is 0 Å². The van der Waals surface area contributed by atoms with Crippen LogP contribution >= 0.6 is 0 Å². The van der Waals surface area contributed by atoms with Gasteiger partial charge >= 0.3 is 0 Å². The van der Waals surface area contributed by atoms with Crippen LogP contribution in [0.2, 0.25) is 0 Å².